The van der Waals surface area contributed by atoms with Crippen molar-refractivity contribution in [2.45, 2.75) is 39.8 Å². The number of hydrogen-bond donors (Lipinski definition) is 2. The van der Waals surface area contributed by atoms with Crippen LogP contribution in [0.1, 0.15) is 38.1 Å². The summed E-state index contributed by atoms with van der Waals surface area (Å²) in [5, 5.41) is 5.48. The van der Waals surface area contributed by atoms with E-state index in [2.05, 4.69) is 10.6 Å². The zero-order chi connectivity index (χ0) is 21.0. The molecule has 0 spiro atoms. The van der Waals surface area contributed by atoms with Gasteiger partial charge in [-0.05, 0) is 32.0 Å². The van der Waals surface area contributed by atoms with Crippen molar-refractivity contribution in [1.82, 2.24) is 15.1 Å². The number of benzene rings is 1. The van der Waals surface area contributed by atoms with Gasteiger partial charge >= 0.3 is 6.03 Å². The van der Waals surface area contributed by atoms with Gasteiger partial charge in [0.05, 0.1) is 12.1 Å². The van der Waals surface area contributed by atoms with Gasteiger partial charge in [0.2, 0.25) is 5.91 Å². The Bertz CT molecular complexity index is 750. The average molecular weight is 390 g/mol. The van der Waals surface area contributed by atoms with Crippen molar-refractivity contribution in [3.63, 3.8) is 0 Å². The first-order valence-electron chi connectivity index (χ1n) is 9.43. The lowest BCUT2D eigenvalue weighted by Gasteiger charge is -2.34. The molecule has 154 valence electrons. The van der Waals surface area contributed by atoms with Crippen LogP contribution in [0.25, 0.3) is 0 Å². The number of nitrogens with one attached hydrogen (secondary N) is 2. The predicted octanol–water partition coefficient (Wildman–Crippen LogP) is 2.16. The molecular weight excluding hydrogens is 360 g/mol. The van der Waals surface area contributed by atoms with Crippen LogP contribution in [0.5, 0.6) is 5.75 Å². The lowest BCUT2D eigenvalue weighted by atomic mass is 10.0. The van der Waals surface area contributed by atoms with Gasteiger partial charge in [0.15, 0.2) is 0 Å². The third-order valence-corrected chi connectivity index (χ3v) is 4.70. The van der Waals surface area contributed by atoms with Gasteiger partial charge in [0.25, 0.3) is 5.91 Å². The number of nitrogens with zero attached hydrogens (tertiary/aromatic N) is 2. The Morgan fingerprint density at radius 1 is 1.36 bits per heavy atom. The van der Waals surface area contributed by atoms with Crippen LogP contribution in [0.3, 0.4) is 0 Å². The molecule has 1 aromatic carbocycles. The van der Waals surface area contributed by atoms with Crippen LogP contribution in [0.4, 0.5) is 10.5 Å². The summed E-state index contributed by atoms with van der Waals surface area (Å²) in [6, 6.07) is 4.67. The predicted molar refractivity (Wildman–Crippen MR) is 108 cm³/mol. The van der Waals surface area contributed by atoms with Crippen molar-refractivity contribution in [1.29, 1.82) is 0 Å². The molecule has 0 unspecified atom stereocenters. The second-order valence-corrected chi connectivity index (χ2v) is 7.68. The van der Waals surface area contributed by atoms with Gasteiger partial charge in [-0.3, -0.25) is 9.59 Å². The number of urea groups is 1. The molecule has 2 rings (SSSR count). The number of fused-ring (bicyclic) bond motifs is 1. The van der Waals surface area contributed by atoms with Gasteiger partial charge in [-0.15, -0.1) is 0 Å². The van der Waals surface area contributed by atoms with E-state index < -0.39 is 0 Å². The molecule has 0 radical (unpaired) electrons. The molecule has 8 nitrogen and oxygen atoms in total. The molecule has 4 amide bonds. The topological polar surface area (TPSA) is 91.0 Å². The molecule has 28 heavy (non-hydrogen) atoms. The normalized spacial score (nSPS) is 19.2. The van der Waals surface area contributed by atoms with Gasteiger partial charge in [0, 0.05) is 45.2 Å². The summed E-state index contributed by atoms with van der Waals surface area (Å²) in [5.41, 5.74) is 0.889. The Hall–Kier alpha value is -2.77. The number of rotatable bonds is 4. The first-order valence-corrected chi connectivity index (χ1v) is 9.43. The third-order valence-electron chi connectivity index (χ3n) is 4.70. The number of hydrogen-bond acceptors (Lipinski definition) is 4. The molecule has 0 aromatic heterocycles. The number of ether oxygens (including phenoxy) is 1. The highest BCUT2D eigenvalue weighted by molar-refractivity contribution is 5.99. The fourth-order valence-corrected chi connectivity index (χ4v) is 3.04. The van der Waals surface area contributed by atoms with Crippen molar-refractivity contribution < 1.29 is 19.1 Å². The van der Waals surface area contributed by atoms with Crippen LogP contribution in [-0.2, 0) is 4.79 Å². The van der Waals surface area contributed by atoms with E-state index >= 15 is 0 Å². The minimum Gasteiger partial charge on any atom is -0.487 e. The van der Waals surface area contributed by atoms with E-state index in [9.17, 15) is 14.4 Å². The molecule has 2 atom stereocenters. The molecular formula is C20H30N4O4. The van der Waals surface area contributed by atoms with Crippen molar-refractivity contribution in [2.24, 2.45) is 5.92 Å². The maximum absolute atomic E-state index is 12.8. The highest BCUT2D eigenvalue weighted by atomic mass is 16.5. The second-order valence-electron chi connectivity index (χ2n) is 7.68. The Morgan fingerprint density at radius 3 is 2.64 bits per heavy atom. The number of anilines is 1. The second kappa shape index (κ2) is 8.95. The lowest BCUT2D eigenvalue weighted by Crippen LogP contribution is -2.45. The van der Waals surface area contributed by atoms with Gasteiger partial charge in [-0.2, -0.15) is 0 Å². The lowest BCUT2D eigenvalue weighted by molar-refractivity contribution is -0.129. The van der Waals surface area contributed by atoms with E-state index in [1.54, 1.807) is 42.1 Å². The summed E-state index contributed by atoms with van der Waals surface area (Å²) in [7, 11) is 3.47. The monoisotopic (exact) mass is 390 g/mol. The first kappa shape index (κ1) is 21.5. The fourth-order valence-electron chi connectivity index (χ4n) is 3.04. The average Bonchev–Trinajstić information content (AvgIpc) is 2.59. The van der Waals surface area contributed by atoms with E-state index in [1.807, 2.05) is 20.8 Å². The minimum absolute atomic E-state index is 0.000879. The zero-order valence-electron chi connectivity index (χ0n) is 17.4. The fraction of sp³-hybridized carbons (Fsp3) is 0.550. The number of carbonyl (C=O) groups excluding carboxylic acids is 3. The maximum Gasteiger partial charge on any atom is 0.319 e. The van der Waals surface area contributed by atoms with E-state index in [0.717, 1.165) is 0 Å². The molecule has 0 saturated heterocycles. The Balaban J connectivity index is 2.30. The van der Waals surface area contributed by atoms with E-state index in [1.165, 1.54) is 6.92 Å². The summed E-state index contributed by atoms with van der Waals surface area (Å²) < 4.78 is 6.14. The minimum atomic E-state index is -0.336. The molecule has 1 heterocycles. The van der Waals surface area contributed by atoms with Crippen LogP contribution in [0.2, 0.25) is 0 Å². The van der Waals surface area contributed by atoms with Gasteiger partial charge in [-0.1, -0.05) is 6.92 Å². The zero-order valence-corrected chi connectivity index (χ0v) is 17.4. The molecule has 1 aliphatic rings. The van der Waals surface area contributed by atoms with Crippen LogP contribution in [-0.4, -0.2) is 67.0 Å². The van der Waals surface area contributed by atoms with Crippen molar-refractivity contribution in [3.05, 3.63) is 23.8 Å². The Labute approximate surface area is 166 Å². The highest BCUT2D eigenvalue weighted by Crippen LogP contribution is 2.29. The summed E-state index contributed by atoms with van der Waals surface area (Å²) in [5.74, 6) is 0.269. The standard InChI is InChI=1S/C20H30N4O4/c1-12(2)21-20(27)22-15-7-8-17-16(9-15)19(26)24(6)10-13(3)18(28-17)11-23(5)14(4)25/h7-9,12-13,18H,10-11H2,1-6H3,(H2,21,22,27)/t13-,18-/m0/s1. The van der Waals surface area contributed by atoms with Crippen molar-refractivity contribution in [3.8, 4) is 5.75 Å². The smallest absolute Gasteiger partial charge is 0.319 e. The number of likely N-dealkylation sites (N-methyl/N-ethyl adjacent to an activating group) is 1. The van der Waals surface area contributed by atoms with Gasteiger partial charge in [-0.25, -0.2) is 4.79 Å². The van der Waals surface area contributed by atoms with Crippen LogP contribution < -0.4 is 15.4 Å². The van der Waals surface area contributed by atoms with E-state index in [0.29, 0.717) is 30.1 Å². The van der Waals surface area contributed by atoms with Crippen LogP contribution in [0, 0.1) is 5.92 Å². The number of carbonyl (C=O) groups is 3. The van der Waals surface area contributed by atoms with Gasteiger partial charge < -0.3 is 25.2 Å². The third kappa shape index (κ3) is 5.37. The summed E-state index contributed by atoms with van der Waals surface area (Å²) in [4.78, 5) is 39.7. The summed E-state index contributed by atoms with van der Waals surface area (Å²) in [6.07, 6.45) is -0.258. The molecule has 8 heteroatoms. The Morgan fingerprint density at radius 2 is 2.04 bits per heavy atom. The largest absolute Gasteiger partial charge is 0.487 e. The number of amides is 4. The molecule has 0 aliphatic carbocycles. The summed E-state index contributed by atoms with van der Waals surface area (Å²) >= 11 is 0. The summed E-state index contributed by atoms with van der Waals surface area (Å²) in [6.45, 7) is 8.17. The SMILES string of the molecule is CC(=O)N(C)C[C@@H]1Oc2ccc(NC(=O)NC(C)C)cc2C(=O)N(C)C[C@@H]1C. The maximum atomic E-state index is 12.8. The van der Waals surface area contributed by atoms with E-state index in [-0.39, 0.29) is 35.9 Å². The molecule has 1 aliphatic heterocycles. The van der Waals surface area contributed by atoms with E-state index in [4.69, 9.17) is 4.74 Å². The van der Waals surface area contributed by atoms with Gasteiger partial charge in [0.1, 0.15) is 11.9 Å². The Kier molecular flexibility index (Phi) is 6.88. The molecule has 2 N–H and O–H groups in total. The van der Waals surface area contributed by atoms with Crippen LogP contribution in [0.15, 0.2) is 18.2 Å². The molecule has 0 bridgehead atoms. The highest BCUT2D eigenvalue weighted by Gasteiger charge is 2.30. The van der Waals surface area contributed by atoms with Crippen molar-refractivity contribution >= 4 is 23.5 Å². The first-order chi connectivity index (χ1) is 13.1. The van der Waals surface area contributed by atoms with Crippen LogP contribution >= 0.6 is 0 Å². The molecule has 1 aromatic rings. The quantitative estimate of drug-likeness (QED) is 0.824. The molecule has 0 fully saturated rings. The molecule has 0 saturated carbocycles. The van der Waals surface area contributed by atoms with Crippen molar-refractivity contribution in [2.75, 3.05) is 32.5 Å².